The molecule has 0 spiro atoms. The molecule has 8 nitrogen and oxygen atoms in total. The van der Waals surface area contributed by atoms with Crippen molar-refractivity contribution in [3.63, 3.8) is 0 Å². The Balaban J connectivity index is 1.89. The topological polar surface area (TPSA) is 110 Å². The molecule has 3 aromatic rings. The highest BCUT2D eigenvalue weighted by Crippen LogP contribution is 2.33. The third kappa shape index (κ3) is 3.28. The fourth-order valence-electron chi connectivity index (χ4n) is 3.78. The van der Waals surface area contributed by atoms with Gasteiger partial charge in [-0.15, -0.1) is 0 Å². The van der Waals surface area contributed by atoms with Gasteiger partial charge in [-0.3, -0.25) is 14.5 Å². The van der Waals surface area contributed by atoms with Gasteiger partial charge in [0, 0.05) is 29.9 Å². The van der Waals surface area contributed by atoms with E-state index in [1.165, 1.54) is 24.6 Å². The van der Waals surface area contributed by atoms with Crippen LogP contribution in [0, 0.1) is 10.1 Å². The van der Waals surface area contributed by atoms with E-state index in [2.05, 4.69) is 10.3 Å². The van der Waals surface area contributed by atoms with Gasteiger partial charge in [0.1, 0.15) is 17.1 Å². The number of nitro benzene ring substituents is 1. The normalized spacial score (nSPS) is 14.9. The van der Waals surface area contributed by atoms with Crippen LogP contribution < -0.4 is 5.32 Å². The van der Waals surface area contributed by atoms with Crippen LogP contribution in [-0.4, -0.2) is 31.4 Å². The van der Waals surface area contributed by atoms with Crippen molar-refractivity contribution in [3.05, 3.63) is 58.3 Å². The van der Waals surface area contributed by atoms with E-state index in [9.17, 15) is 20.0 Å². The fraction of sp³-hybridized carbons (Fsp3) is 0.300. The number of anilines is 1. The number of aromatic nitrogens is 2. The number of hydrogen-bond donors (Lipinski definition) is 2. The number of pyridine rings is 1. The van der Waals surface area contributed by atoms with E-state index in [1.807, 2.05) is 0 Å². The third-order valence-electron chi connectivity index (χ3n) is 5.16. The molecule has 1 aromatic carbocycles. The minimum atomic E-state index is -1.06. The average molecular weight is 380 g/mol. The Bertz CT molecular complexity index is 1050. The van der Waals surface area contributed by atoms with Crippen molar-refractivity contribution < 1.29 is 14.8 Å². The second-order valence-corrected chi connectivity index (χ2v) is 7.02. The number of nitro groups is 1. The zero-order chi connectivity index (χ0) is 19.7. The van der Waals surface area contributed by atoms with Crippen molar-refractivity contribution in [2.24, 2.45) is 0 Å². The number of carboxylic acids is 1. The predicted molar refractivity (Wildman–Crippen MR) is 105 cm³/mol. The Morgan fingerprint density at radius 1 is 1.21 bits per heavy atom. The molecule has 0 aliphatic heterocycles. The molecule has 4 rings (SSSR count). The second-order valence-electron chi connectivity index (χ2n) is 7.02. The Hall–Kier alpha value is -3.42. The Kier molecular flexibility index (Phi) is 4.68. The summed E-state index contributed by atoms with van der Waals surface area (Å²) in [7, 11) is 0. The van der Waals surface area contributed by atoms with E-state index in [0.29, 0.717) is 22.7 Å². The van der Waals surface area contributed by atoms with Crippen molar-refractivity contribution >= 4 is 23.1 Å². The summed E-state index contributed by atoms with van der Waals surface area (Å²) < 4.78 is 1.73. The van der Waals surface area contributed by atoms with Gasteiger partial charge in [-0.05, 0) is 25.0 Å². The molecule has 0 atom stereocenters. The maximum absolute atomic E-state index is 11.6. The average Bonchev–Trinajstić information content (AvgIpc) is 3.07. The van der Waals surface area contributed by atoms with Gasteiger partial charge in [-0.1, -0.05) is 31.4 Å². The highest BCUT2D eigenvalue weighted by molar-refractivity contribution is 5.96. The van der Waals surface area contributed by atoms with Crippen LogP contribution in [0.15, 0.2) is 42.6 Å². The van der Waals surface area contributed by atoms with Crippen LogP contribution in [0.25, 0.3) is 16.9 Å². The van der Waals surface area contributed by atoms with Crippen LogP contribution in [0.4, 0.5) is 11.5 Å². The number of fused-ring (bicyclic) bond motifs is 1. The lowest BCUT2D eigenvalue weighted by atomic mass is 9.95. The highest BCUT2D eigenvalue weighted by Gasteiger charge is 2.23. The van der Waals surface area contributed by atoms with Crippen LogP contribution in [0.2, 0.25) is 0 Å². The van der Waals surface area contributed by atoms with Gasteiger partial charge in [0.05, 0.1) is 4.92 Å². The van der Waals surface area contributed by atoms with Crippen molar-refractivity contribution in [1.82, 2.24) is 9.38 Å². The monoisotopic (exact) mass is 380 g/mol. The molecule has 0 amide bonds. The van der Waals surface area contributed by atoms with Crippen LogP contribution in [0.3, 0.4) is 0 Å². The molecule has 0 saturated heterocycles. The molecule has 1 fully saturated rings. The largest absolute Gasteiger partial charge is 0.478 e. The number of nitrogens with one attached hydrogen (secondary N) is 1. The summed E-state index contributed by atoms with van der Waals surface area (Å²) in [5, 5.41) is 24.2. The Morgan fingerprint density at radius 2 is 2.00 bits per heavy atom. The lowest BCUT2D eigenvalue weighted by molar-refractivity contribution is -0.384. The van der Waals surface area contributed by atoms with Gasteiger partial charge in [0.2, 0.25) is 0 Å². The molecule has 2 heterocycles. The predicted octanol–water partition coefficient (Wildman–Crippen LogP) is 4.35. The number of benzene rings is 1. The third-order valence-corrected chi connectivity index (χ3v) is 5.16. The summed E-state index contributed by atoms with van der Waals surface area (Å²) in [4.78, 5) is 26.9. The molecule has 0 unspecified atom stereocenters. The Morgan fingerprint density at radius 3 is 2.71 bits per heavy atom. The number of non-ortho nitro benzene ring substituents is 1. The minimum Gasteiger partial charge on any atom is -0.478 e. The lowest BCUT2D eigenvalue weighted by Gasteiger charge is -2.24. The van der Waals surface area contributed by atoms with Crippen LogP contribution in [0.5, 0.6) is 0 Å². The van der Waals surface area contributed by atoms with E-state index in [0.717, 1.165) is 25.7 Å². The zero-order valence-electron chi connectivity index (χ0n) is 15.2. The molecule has 2 N–H and O–H groups in total. The first-order chi connectivity index (χ1) is 13.5. The van der Waals surface area contributed by atoms with Crippen molar-refractivity contribution in [3.8, 4) is 11.3 Å². The van der Waals surface area contributed by atoms with Crippen molar-refractivity contribution in [1.29, 1.82) is 0 Å². The molecule has 1 aliphatic carbocycles. The SMILES string of the molecule is O=C(O)c1cccn2c(NC3CCCCC3)c(-c3cccc([N+](=O)[O-])c3)nc12. The number of nitrogens with zero attached hydrogens (tertiary/aromatic N) is 3. The first-order valence-corrected chi connectivity index (χ1v) is 9.30. The molecule has 28 heavy (non-hydrogen) atoms. The van der Waals surface area contributed by atoms with E-state index in [-0.39, 0.29) is 17.3 Å². The highest BCUT2D eigenvalue weighted by atomic mass is 16.6. The van der Waals surface area contributed by atoms with E-state index in [4.69, 9.17) is 0 Å². The van der Waals surface area contributed by atoms with Gasteiger partial charge in [0.15, 0.2) is 5.65 Å². The number of carbonyl (C=O) groups is 1. The molecule has 1 aliphatic rings. The van der Waals surface area contributed by atoms with E-state index < -0.39 is 10.9 Å². The maximum Gasteiger partial charge on any atom is 0.339 e. The Labute approximate surface area is 161 Å². The first kappa shape index (κ1) is 18.0. The summed E-state index contributed by atoms with van der Waals surface area (Å²) in [6.07, 6.45) is 7.31. The van der Waals surface area contributed by atoms with Gasteiger partial charge >= 0.3 is 5.97 Å². The number of hydrogen-bond acceptors (Lipinski definition) is 5. The standard InChI is InChI=1S/C20H20N4O4/c25-20(26)16-10-5-11-23-18(16)22-17(13-6-4-9-15(12-13)24(27)28)19(23)21-14-7-2-1-3-8-14/h4-6,9-12,14,21H,1-3,7-8H2,(H,25,26). The van der Waals surface area contributed by atoms with Crippen molar-refractivity contribution in [2.75, 3.05) is 5.32 Å². The molecule has 1 saturated carbocycles. The number of aromatic carboxylic acids is 1. The first-order valence-electron chi connectivity index (χ1n) is 9.30. The van der Waals surface area contributed by atoms with Gasteiger partial charge < -0.3 is 10.4 Å². The van der Waals surface area contributed by atoms with Crippen LogP contribution >= 0.6 is 0 Å². The van der Waals surface area contributed by atoms with Gasteiger partial charge in [-0.2, -0.15) is 0 Å². The van der Waals surface area contributed by atoms with Gasteiger partial charge in [0.25, 0.3) is 5.69 Å². The van der Waals surface area contributed by atoms with Crippen LogP contribution in [-0.2, 0) is 0 Å². The van der Waals surface area contributed by atoms with Crippen LogP contribution in [0.1, 0.15) is 42.5 Å². The number of carboxylic acid groups (broad SMARTS) is 1. The maximum atomic E-state index is 11.6. The molecule has 144 valence electrons. The molecule has 0 bridgehead atoms. The summed E-state index contributed by atoms with van der Waals surface area (Å²) in [6, 6.07) is 9.69. The fourth-order valence-corrected chi connectivity index (χ4v) is 3.78. The number of rotatable bonds is 5. The summed E-state index contributed by atoms with van der Waals surface area (Å²) in [6.45, 7) is 0. The van der Waals surface area contributed by atoms with E-state index in [1.54, 1.807) is 28.8 Å². The molecular formula is C20H20N4O4. The number of imidazole rings is 1. The summed E-state index contributed by atoms with van der Waals surface area (Å²) in [5.41, 5.74) is 1.47. The summed E-state index contributed by atoms with van der Waals surface area (Å²) in [5.74, 6) is -0.393. The molecule has 2 aromatic heterocycles. The molecule has 0 radical (unpaired) electrons. The van der Waals surface area contributed by atoms with Gasteiger partial charge in [-0.25, -0.2) is 9.78 Å². The molecular weight excluding hydrogens is 360 g/mol. The zero-order valence-corrected chi connectivity index (χ0v) is 15.2. The second kappa shape index (κ2) is 7.30. The molecule has 8 heteroatoms. The minimum absolute atomic E-state index is 0.0309. The smallest absolute Gasteiger partial charge is 0.339 e. The van der Waals surface area contributed by atoms with E-state index >= 15 is 0 Å². The lowest BCUT2D eigenvalue weighted by Crippen LogP contribution is -2.23. The summed E-state index contributed by atoms with van der Waals surface area (Å²) >= 11 is 0. The quantitative estimate of drug-likeness (QED) is 0.503. The van der Waals surface area contributed by atoms with Crippen molar-refractivity contribution in [2.45, 2.75) is 38.1 Å².